The van der Waals surface area contributed by atoms with E-state index >= 15 is 0 Å². The van der Waals surface area contributed by atoms with Crippen molar-refractivity contribution in [3.63, 3.8) is 0 Å². The van der Waals surface area contributed by atoms with Crippen LogP contribution in [0.4, 0.5) is 8.28 Å². The van der Waals surface area contributed by atoms with E-state index in [0.717, 1.165) is 29.5 Å². The third-order valence-electron chi connectivity index (χ3n) is 4.38. The van der Waals surface area contributed by atoms with Crippen LogP contribution in [0.15, 0.2) is 34.3 Å². The molecule has 0 bridgehead atoms. The number of imidazole rings is 2. The predicted octanol–water partition coefficient (Wildman–Crippen LogP) is 5.01. The first-order valence-electron chi connectivity index (χ1n) is 9.84. The van der Waals surface area contributed by atoms with Gasteiger partial charge in [-0.2, -0.15) is 37.0 Å². The lowest BCUT2D eigenvalue weighted by Gasteiger charge is -2.00. The Hall–Kier alpha value is -2.42. The fourth-order valence-corrected chi connectivity index (χ4v) is 5.22. The molecule has 0 radical (unpaired) electrons. The lowest BCUT2D eigenvalue weighted by Crippen LogP contribution is -2.05. The maximum Gasteiger partial charge on any atom is 0.354 e. The van der Waals surface area contributed by atoms with Gasteiger partial charge in [0.2, 0.25) is 10.1 Å². The highest BCUT2D eigenvalue weighted by molar-refractivity contribution is 8.13. The van der Waals surface area contributed by atoms with Gasteiger partial charge in [-0.15, -0.1) is 0 Å². The van der Waals surface area contributed by atoms with Crippen LogP contribution in [0.5, 0.6) is 0 Å². The molecule has 0 aliphatic rings. The van der Waals surface area contributed by atoms with E-state index < -0.39 is 30.2 Å². The van der Waals surface area contributed by atoms with Crippen molar-refractivity contribution < 1.29 is 25.1 Å². The summed E-state index contributed by atoms with van der Waals surface area (Å²) in [5, 5.41) is 6.41. The van der Waals surface area contributed by atoms with Gasteiger partial charge < -0.3 is 0 Å². The van der Waals surface area contributed by atoms with Gasteiger partial charge in [0.25, 0.3) is 15.0 Å². The smallest absolute Gasteiger partial charge is 0.214 e. The van der Waals surface area contributed by atoms with Gasteiger partial charge in [-0.25, -0.2) is 13.4 Å². The van der Waals surface area contributed by atoms with Gasteiger partial charge in [-0.1, -0.05) is 57.0 Å². The summed E-state index contributed by atoms with van der Waals surface area (Å²) < 4.78 is 72.3. The third-order valence-corrected chi connectivity index (χ3v) is 6.82. The van der Waals surface area contributed by atoms with Gasteiger partial charge in [0, 0.05) is 10.7 Å². The van der Waals surface area contributed by atoms with E-state index in [0.29, 0.717) is 22.3 Å². The first kappa shape index (κ1) is 31.6. The van der Waals surface area contributed by atoms with Crippen LogP contribution in [0.1, 0.15) is 52.9 Å². The zero-order chi connectivity index (χ0) is 25.3. The van der Waals surface area contributed by atoms with Gasteiger partial charge in [-0.3, -0.25) is 0 Å². The second-order valence-corrected chi connectivity index (χ2v) is 11.1. The molecular formula is C20H26Cl2F2N6O4S2. The molecule has 10 nitrogen and oxygen atoms in total. The highest BCUT2D eigenvalue weighted by Gasteiger charge is 2.26. The van der Waals surface area contributed by atoms with E-state index in [1.54, 1.807) is 18.2 Å². The number of aryl methyl sites for hydroxylation is 2. The second-order valence-electron chi connectivity index (χ2n) is 6.98. The van der Waals surface area contributed by atoms with E-state index in [1.807, 2.05) is 13.8 Å². The van der Waals surface area contributed by atoms with E-state index in [1.165, 1.54) is 6.07 Å². The molecule has 0 spiro atoms. The largest absolute Gasteiger partial charge is 0.354 e. The zero-order valence-corrected chi connectivity index (χ0v) is 20.9. The normalized spacial score (nSPS) is 11.5. The molecule has 200 valence electrons. The second kappa shape index (κ2) is 12.2. The van der Waals surface area contributed by atoms with Crippen LogP contribution in [-0.2, 0) is 32.1 Å². The van der Waals surface area contributed by atoms with Crippen molar-refractivity contribution >= 4 is 52.9 Å². The maximum absolute atomic E-state index is 13.2. The van der Waals surface area contributed by atoms with Crippen molar-refractivity contribution in [3.8, 4) is 0 Å². The monoisotopic (exact) mass is 586 g/mol. The van der Waals surface area contributed by atoms with Crippen molar-refractivity contribution in [2.24, 2.45) is 0 Å². The molecule has 0 atom stereocenters. The minimum absolute atomic E-state index is 0. The van der Waals surface area contributed by atoms with E-state index in [9.17, 15) is 25.1 Å². The van der Waals surface area contributed by atoms with Crippen molar-refractivity contribution in [2.75, 3.05) is 0 Å². The summed E-state index contributed by atoms with van der Waals surface area (Å²) in [6, 6.07) is 6.44. The predicted molar refractivity (Wildman–Crippen MR) is 134 cm³/mol. The molecule has 0 unspecified atom stereocenters. The van der Waals surface area contributed by atoms with Gasteiger partial charge in [0.05, 0.1) is 11.4 Å². The number of halogens is 4. The van der Waals surface area contributed by atoms with Crippen LogP contribution in [0.25, 0.3) is 11.3 Å². The molecule has 0 aliphatic heterocycles. The van der Waals surface area contributed by atoms with Crippen LogP contribution in [0.3, 0.4) is 0 Å². The van der Waals surface area contributed by atoms with Crippen LogP contribution in [-0.4, -0.2) is 46.0 Å². The zero-order valence-electron chi connectivity index (χ0n) is 17.8. The molecule has 0 amide bonds. The van der Waals surface area contributed by atoms with Crippen molar-refractivity contribution in [1.29, 1.82) is 0 Å². The fraction of sp³-hybridized carbons (Fsp3) is 0.400. The minimum Gasteiger partial charge on any atom is -0.214 e. The standard InChI is InChI=1S/C9H9Cl2N3O2S.C9H9F2N3O2S.2CH4/c2*1-2-3-6-4-5-7-12-8(10)9(14(7)13-6)17(11,15)16;;/h2*4-5H,2-3H2,1H3;2*1H4. The molecule has 16 heteroatoms. The van der Waals surface area contributed by atoms with Crippen molar-refractivity contribution in [3.05, 3.63) is 46.8 Å². The Morgan fingerprint density at radius 3 is 1.69 bits per heavy atom. The lowest BCUT2D eigenvalue weighted by atomic mass is 10.2. The fourth-order valence-electron chi connectivity index (χ4n) is 3.04. The van der Waals surface area contributed by atoms with Crippen molar-refractivity contribution in [2.45, 2.75) is 64.4 Å². The number of hydrogen-bond donors (Lipinski definition) is 0. The summed E-state index contributed by atoms with van der Waals surface area (Å²) in [6.07, 6.45) is 3.02. The minimum atomic E-state index is -5.19. The molecule has 4 aromatic heterocycles. The molecular weight excluding hydrogens is 561 g/mol. The molecule has 4 rings (SSSR count). The highest BCUT2D eigenvalue weighted by Crippen LogP contribution is 2.25. The first-order chi connectivity index (χ1) is 15.9. The van der Waals surface area contributed by atoms with Crippen LogP contribution in [0.2, 0.25) is 5.15 Å². The van der Waals surface area contributed by atoms with Gasteiger partial charge in [-0.05, 0) is 37.1 Å². The Morgan fingerprint density at radius 1 is 0.833 bits per heavy atom. The average Bonchev–Trinajstić information content (AvgIpc) is 3.23. The van der Waals surface area contributed by atoms with E-state index in [2.05, 4.69) is 20.2 Å². The van der Waals surface area contributed by atoms with Gasteiger partial charge in [0.15, 0.2) is 16.4 Å². The van der Waals surface area contributed by atoms with Crippen LogP contribution in [0, 0.1) is 5.95 Å². The van der Waals surface area contributed by atoms with Crippen LogP contribution < -0.4 is 0 Å². The molecule has 0 fully saturated rings. The number of fused-ring (bicyclic) bond motifs is 2. The summed E-state index contributed by atoms with van der Waals surface area (Å²) in [5.41, 5.74) is 1.62. The Kier molecular flexibility index (Phi) is 10.7. The molecule has 0 N–H and O–H groups in total. The first-order valence-corrected chi connectivity index (χ1v) is 13.9. The summed E-state index contributed by atoms with van der Waals surface area (Å²) in [6.45, 7) is 3.92. The Balaban J connectivity index is 0.000000341. The SMILES string of the molecule is C.C.CCCc1ccc2nc(Cl)c(S(=O)(=O)Cl)n2n1.CCCc1ccc2nc(F)c(S(=O)(=O)F)n2n1. The summed E-state index contributed by atoms with van der Waals surface area (Å²) in [5.74, 6) is -1.38. The molecule has 0 saturated carbocycles. The Morgan fingerprint density at radius 2 is 1.28 bits per heavy atom. The van der Waals surface area contributed by atoms with Gasteiger partial charge >= 0.3 is 10.2 Å². The van der Waals surface area contributed by atoms with Crippen molar-refractivity contribution in [1.82, 2.24) is 29.2 Å². The Bertz CT molecular complexity index is 1460. The third kappa shape index (κ3) is 6.87. The molecule has 36 heavy (non-hydrogen) atoms. The lowest BCUT2D eigenvalue weighted by molar-refractivity contribution is 0.508. The van der Waals surface area contributed by atoms with Gasteiger partial charge in [0.1, 0.15) is 0 Å². The summed E-state index contributed by atoms with van der Waals surface area (Å²) in [7, 11) is -3.86. The number of rotatable bonds is 6. The van der Waals surface area contributed by atoms with E-state index in [4.69, 9.17) is 22.3 Å². The quantitative estimate of drug-likeness (QED) is 0.288. The summed E-state index contributed by atoms with van der Waals surface area (Å²) >= 11 is 5.75. The number of nitrogens with zero attached hydrogens (tertiary/aromatic N) is 6. The maximum atomic E-state index is 13.2. The molecule has 0 saturated heterocycles. The van der Waals surface area contributed by atoms with Crippen LogP contribution >= 0.6 is 22.3 Å². The molecule has 4 heterocycles. The number of aromatic nitrogens is 6. The average molecular weight is 588 g/mol. The number of hydrogen-bond acceptors (Lipinski definition) is 8. The highest BCUT2D eigenvalue weighted by atomic mass is 35.7. The molecule has 0 aliphatic carbocycles. The topological polar surface area (TPSA) is 129 Å². The Labute approximate surface area is 217 Å². The molecule has 0 aromatic carbocycles. The summed E-state index contributed by atoms with van der Waals surface area (Å²) in [4.78, 5) is 7.18. The molecule has 4 aromatic rings. The van der Waals surface area contributed by atoms with E-state index in [-0.39, 0.29) is 30.7 Å².